The van der Waals surface area contributed by atoms with E-state index in [1.807, 2.05) is 25.1 Å². The van der Waals surface area contributed by atoms with Gasteiger partial charge in [0.25, 0.3) is 0 Å². The fourth-order valence-corrected chi connectivity index (χ4v) is 1.75. The molecule has 0 spiro atoms. The lowest BCUT2D eigenvalue weighted by atomic mass is 10.2. The molecule has 0 aliphatic heterocycles. The van der Waals surface area contributed by atoms with Gasteiger partial charge in [-0.05, 0) is 33.3 Å². The minimum Gasteiger partial charge on any atom is -0.494 e. The highest BCUT2D eigenvalue weighted by molar-refractivity contribution is 5.80. The zero-order valence-electron chi connectivity index (χ0n) is 13.1. The maximum atomic E-state index is 5.62. The van der Waals surface area contributed by atoms with E-state index >= 15 is 0 Å². The Morgan fingerprint density at radius 2 is 2.00 bits per heavy atom. The highest BCUT2D eigenvalue weighted by Crippen LogP contribution is 2.18. The van der Waals surface area contributed by atoms with E-state index in [0.717, 1.165) is 30.2 Å². The van der Waals surface area contributed by atoms with Crippen LogP contribution in [0.15, 0.2) is 29.3 Å². The molecule has 0 aliphatic carbocycles. The molecule has 1 aromatic rings. The van der Waals surface area contributed by atoms with Crippen LogP contribution < -0.4 is 15.4 Å². The first-order valence-corrected chi connectivity index (χ1v) is 7.46. The van der Waals surface area contributed by atoms with E-state index in [1.54, 1.807) is 0 Å². The van der Waals surface area contributed by atoms with Gasteiger partial charge in [0.15, 0.2) is 5.96 Å². The molecule has 0 bridgehead atoms. The SMILES string of the molecule is CCNC(=NCc1ccccc1OCC)NC(C)CC. The largest absolute Gasteiger partial charge is 0.494 e. The normalized spacial score (nSPS) is 12.9. The predicted molar refractivity (Wildman–Crippen MR) is 85.3 cm³/mol. The van der Waals surface area contributed by atoms with Gasteiger partial charge in [-0.15, -0.1) is 0 Å². The molecule has 2 N–H and O–H groups in total. The summed E-state index contributed by atoms with van der Waals surface area (Å²) in [6.45, 7) is 10.5. The van der Waals surface area contributed by atoms with Crippen LogP contribution in [0.5, 0.6) is 5.75 Å². The third-order valence-electron chi connectivity index (χ3n) is 3.02. The lowest BCUT2D eigenvalue weighted by Crippen LogP contribution is -2.41. The fraction of sp³-hybridized carbons (Fsp3) is 0.562. The van der Waals surface area contributed by atoms with Crippen LogP contribution in [0.4, 0.5) is 0 Å². The van der Waals surface area contributed by atoms with Gasteiger partial charge in [-0.2, -0.15) is 0 Å². The summed E-state index contributed by atoms with van der Waals surface area (Å²) < 4.78 is 5.62. The van der Waals surface area contributed by atoms with E-state index in [4.69, 9.17) is 4.74 Å². The smallest absolute Gasteiger partial charge is 0.191 e. The Bertz CT molecular complexity index is 418. The average molecular weight is 277 g/mol. The molecule has 4 heteroatoms. The fourth-order valence-electron chi connectivity index (χ4n) is 1.75. The van der Waals surface area contributed by atoms with Crippen molar-refractivity contribution in [2.75, 3.05) is 13.2 Å². The van der Waals surface area contributed by atoms with Crippen molar-refractivity contribution in [1.29, 1.82) is 0 Å². The van der Waals surface area contributed by atoms with Gasteiger partial charge in [-0.25, -0.2) is 4.99 Å². The van der Waals surface area contributed by atoms with Crippen molar-refractivity contribution in [3.8, 4) is 5.75 Å². The molecule has 0 aliphatic rings. The minimum absolute atomic E-state index is 0.412. The lowest BCUT2D eigenvalue weighted by Gasteiger charge is -2.16. The number of nitrogens with one attached hydrogen (secondary N) is 2. The van der Waals surface area contributed by atoms with Crippen molar-refractivity contribution >= 4 is 5.96 Å². The van der Waals surface area contributed by atoms with Crippen LogP contribution in [0.1, 0.15) is 39.7 Å². The first kappa shape index (κ1) is 16.3. The van der Waals surface area contributed by atoms with Gasteiger partial charge < -0.3 is 15.4 Å². The summed E-state index contributed by atoms with van der Waals surface area (Å²) >= 11 is 0. The molecule has 0 saturated heterocycles. The topological polar surface area (TPSA) is 45.7 Å². The quantitative estimate of drug-likeness (QED) is 0.595. The third-order valence-corrected chi connectivity index (χ3v) is 3.02. The highest BCUT2D eigenvalue weighted by atomic mass is 16.5. The molecule has 1 unspecified atom stereocenters. The molecule has 20 heavy (non-hydrogen) atoms. The predicted octanol–water partition coefficient (Wildman–Crippen LogP) is 2.94. The standard InChI is InChI=1S/C16H27N3O/c1-5-13(4)19-16(17-6-2)18-12-14-10-8-9-11-15(14)20-7-3/h8-11,13H,5-7,12H2,1-4H3,(H2,17,18,19). The van der Waals surface area contributed by atoms with Crippen LogP contribution in [0, 0.1) is 0 Å². The molecule has 112 valence electrons. The number of guanidine groups is 1. The molecule has 0 fully saturated rings. The number of nitrogens with zero attached hydrogens (tertiary/aromatic N) is 1. The van der Waals surface area contributed by atoms with Crippen molar-refractivity contribution in [3.05, 3.63) is 29.8 Å². The molecule has 0 aromatic heterocycles. The van der Waals surface area contributed by atoms with Crippen LogP contribution in [-0.4, -0.2) is 25.2 Å². The lowest BCUT2D eigenvalue weighted by molar-refractivity contribution is 0.336. The number of ether oxygens (including phenoxy) is 1. The van der Waals surface area contributed by atoms with Gasteiger partial charge in [-0.3, -0.25) is 0 Å². The molecule has 0 saturated carbocycles. The minimum atomic E-state index is 0.412. The van der Waals surface area contributed by atoms with Gasteiger partial charge in [-0.1, -0.05) is 25.1 Å². The van der Waals surface area contributed by atoms with Gasteiger partial charge >= 0.3 is 0 Å². The zero-order chi connectivity index (χ0) is 14.8. The first-order valence-electron chi connectivity index (χ1n) is 7.46. The van der Waals surface area contributed by atoms with Crippen LogP contribution in [-0.2, 0) is 6.54 Å². The molecule has 1 rings (SSSR count). The molecular formula is C16H27N3O. The van der Waals surface area contributed by atoms with Gasteiger partial charge in [0, 0.05) is 18.2 Å². The van der Waals surface area contributed by atoms with Crippen molar-refractivity contribution in [2.45, 2.75) is 46.7 Å². The zero-order valence-corrected chi connectivity index (χ0v) is 13.1. The van der Waals surface area contributed by atoms with E-state index in [2.05, 4.69) is 42.5 Å². The van der Waals surface area contributed by atoms with Crippen LogP contribution in [0.25, 0.3) is 0 Å². The summed E-state index contributed by atoms with van der Waals surface area (Å²) in [5.41, 5.74) is 1.11. The van der Waals surface area contributed by atoms with Gasteiger partial charge in [0.05, 0.1) is 13.2 Å². The van der Waals surface area contributed by atoms with Crippen molar-refractivity contribution in [1.82, 2.24) is 10.6 Å². The van der Waals surface area contributed by atoms with Crippen LogP contribution >= 0.6 is 0 Å². The van der Waals surface area contributed by atoms with Crippen molar-refractivity contribution in [2.24, 2.45) is 4.99 Å². The number of hydrogen-bond acceptors (Lipinski definition) is 2. The molecule has 0 heterocycles. The molecule has 1 atom stereocenters. The van der Waals surface area contributed by atoms with E-state index in [-0.39, 0.29) is 0 Å². The molecule has 0 amide bonds. The summed E-state index contributed by atoms with van der Waals surface area (Å²) in [6, 6.07) is 8.46. The Hall–Kier alpha value is -1.71. The Morgan fingerprint density at radius 1 is 1.25 bits per heavy atom. The Labute approximate surface area is 122 Å². The van der Waals surface area contributed by atoms with Gasteiger partial charge in [0.2, 0.25) is 0 Å². The number of para-hydroxylation sites is 1. The second kappa shape index (κ2) is 9.23. The van der Waals surface area contributed by atoms with E-state index in [9.17, 15) is 0 Å². The summed E-state index contributed by atoms with van der Waals surface area (Å²) in [4.78, 5) is 4.63. The highest BCUT2D eigenvalue weighted by Gasteiger charge is 2.04. The Morgan fingerprint density at radius 3 is 2.65 bits per heavy atom. The summed E-state index contributed by atoms with van der Waals surface area (Å²) in [5, 5.41) is 6.65. The molecule has 0 radical (unpaired) electrons. The Balaban J connectivity index is 2.75. The summed E-state index contributed by atoms with van der Waals surface area (Å²) in [7, 11) is 0. The van der Waals surface area contributed by atoms with Gasteiger partial charge in [0.1, 0.15) is 5.75 Å². The first-order chi connectivity index (χ1) is 9.71. The summed E-state index contributed by atoms with van der Waals surface area (Å²) in [6.07, 6.45) is 1.07. The van der Waals surface area contributed by atoms with Crippen LogP contribution in [0.3, 0.4) is 0 Å². The van der Waals surface area contributed by atoms with E-state index in [1.165, 1.54) is 0 Å². The van der Waals surface area contributed by atoms with E-state index in [0.29, 0.717) is 19.2 Å². The maximum Gasteiger partial charge on any atom is 0.191 e. The second-order valence-electron chi connectivity index (χ2n) is 4.69. The monoisotopic (exact) mass is 277 g/mol. The number of rotatable bonds is 7. The number of hydrogen-bond donors (Lipinski definition) is 2. The maximum absolute atomic E-state index is 5.62. The number of benzene rings is 1. The molecule has 4 nitrogen and oxygen atoms in total. The third kappa shape index (κ3) is 5.51. The molecule has 1 aromatic carbocycles. The van der Waals surface area contributed by atoms with Crippen LogP contribution in [0.2, 0.25) is 0 Å². The van der Waals surface area contributed by atoms with Crippen molar-refractivity contribution in [3.63, 3.8) is 0 Å². The van der Waals surface area contributed by atoms with Crippen molar-refractivity contribution < 1.29 is 4.74 Å². The molecular weight excluding hydrogens is 250 g/mol. The number of aliphatic imine (C=N–C) groups is 1. The Kier molecular flexibility index (Phi) is 7.55. The average Bonchev–Trinajstić information content (AvgIpc) is 2.46. The second-order valence-corrected chi connectivity index (χ2v) is 4.69. The summed E-state index contributed by atoms with van der Waals surface area (Å²) in [5.74, 6) is 1.77. The van der Waals surface area contributed by atoms with E-state index < -0.39 is 0 Å².